The van der Waals surface area contributed by atoms with Gasteiger partial charge in [0, 0.05) is 29.2 Å². The highest BCUT2D eigenvalue weighted by molar-refractivity contribution is 7.13. The van der Waals surface area contributed by atoms with Crippen LogP contribution in [0.5, 0.6) is 0 Å². The van der Waals surface area contributed by atoms with Gasteiger partial charge in [-0.3, -0.25) is 14.4 Å². The average molecular weight is 461 g/mol. The number of carbonyl (C=O) groups is 3. The first kappa shape index (κ1) is 21.9. The lowest BCUT2D eigenvalue weighted by atomic mass is 10.1. The molecule has 0 fully saturated rings. The van der Waals surface area contributed by atoms with Crippen LogP contribution in [0.25, 0.3) is 16.3 Å². The van der Waals surface area contributed by atoms with Crippen LogP contribution in [0.3, 0.4) is 0 Å². The molecule has 0 aliphatic heterocycles. The lowest BCUT2D eigenvalue weighted by molar-refractivity contribution is -0.117. The highest BCUT2D eigenvalue weighted by atomic mass is 32.1. The minimum Gasteiger partial charge on any atom is -0.368 e. The molecule has 0 spiro atoms. The first-order valence-corrected chi connectivity index (χ1v) is 10.9. The number of hydrogen-bond donors (Lipinski definition) is 3. The van der Waals surface area contributed by atoms with Crippen molar-refractivity contribution >= 4 is 29.1 Å². The van der Waals surface area contributed by atoms with Gasteiger partial charge in [-0.1, -0.05) is 30.3 Å². The molecule has 0 unspecified atom stereocenters. The number of primary amides is 1. The number of nitrogens with one attached hydrogen (secondary N) is 2. The summed E-state index contributed by atoms with van der Waals surface area (Å²) in [5.74, 6) is -1.30. The quantitative estimate of drug-likeness (QED) is 0.371. The molecule has 2 heterocycles. The van der Waals surface area contributed by atoms with E-state index in [2.05, 4.69) is 20.7 Å². The maximum Gasteiger partial charge on any atom is 0.271 e. The number of rotatable bonds is 8. The normalized spacial score (nSPS) is 10.5. The second-order valence-corrected chi connectivity index (χ2v) is 7.93. The fourth-order valence-corrected chi connectivity index (χ4v) is 3.76. The molecule has 33 heavy (non-hydrogen) atoms. The largest absolute Gasteiger partial charge is 0.368 e. The Labute approximate surface area is 193 Å². The Hall–Kier alpha value is -4.31. The third-order valence-corrected chi connectivity index (χ3v) is 5.57. The van der Waals surface area contributed by atoms with Crippen molar-refractivity contribution in [3.8, 4) is 16.3 Å². The van der Waals surface area contributed by atoms with Gasteiger partial charge in [0.1, 0.15) is 10.7 Å². The third kappa shape index (κ3) is 5.49. The van der Waals surface area contributed by atoms with Crippen LogP contribution in [0.1, 0.15) is 26.4 Å². The Morgan fingerprint density at radius 3 is 2.45 bits per heavy atom. The Morgan fingerprint density at radius 1 is 0.970 bits per heavy atom. The van der Waals surface area contributed by atoms with E-state index in [0.29, 0.717) is 16.3 Å². The van der Waals surface area contributed by atoms with Crippen LogP contribution < -0.4 is 16.4 Å². The number of para-hydroxylation sites is 1. The highest BCUT2D eigenvalue weighted by Gasteiger charge is 2.14. The Morgan fingerprint density at radius 2 is 1.73 bits per heavy atom. The SMILES string of the molecule is NC(=O)CNC(=O)c1ccc(CNC(=O)c2csc(-c3cnn(-c4ccccc4)c3)n2)cc1. The van der Waals surface area contributed by atoms with Crippen molar-refractivity contribution < 1.29 is 14.4 Å². The molecule has 2 aromatic carbocycles. The summed E-state index contributed by atoms with van der Waals surface area (Å²) in [6.45, 7) is 0.0557. The molecule has 3 amide bonds. The lowest BCUT2D eigenvalue weighted by Crippen LogP contribution is -2.33. The van der Waals surface area contributed by atoms with Gasteiger partial charge in [-0.25, -0.2) is 9.67 Å². The Bertz CT molecular complexity index is 1280. The molecule has 0 radical (unpaired) electrons. The number of aromatic nitrogens is 3. The molecule has 4 N–H and O–H groups in total. The van der Waals surface area contributed by atoms with Crippen molar-refractivity contribution in [3.63, 3.8) is 0 Å². The van der Waals surface area contributed by atoms with Gasteiger partial charge >= 0.3 is 0 Å². The highest BCUT2D eigenvalue weighted by Crippen LogP contribution is 2.24. The van der Waals surface area contributed by atoms with Crippen molar-refractivity contribution in [1.82, 2.24) is 25.4 Å². The fraction of sp³-hybridized carbons (Fsp3) is 0.0870. The summed E-state index contributed by atoms with van der Waals surface area (Å²) in [6, 6.07) is 16.4. The van der Waals surface area contributed by atoms with Crippen LogP contribution in [-0.2, 0) is 11.3 Å². The van der Waals surface area contributed by atoms with Crippen molar-refractivity contribution in [3.05, 3.63) is 89.2 Å². The first-order chi connectivity index (χ1) is 16.0. The Balaban J connectivity index is 1.34. The van der Waals surface area contributed by atoms with E-state index >= 15 is 0 Å². The van der Waals surface area contributed by atoms with E-state index in [1.165, 1.54) is 11.3 Å². The summed E-state index contributed by atoms with van der Waals surface area (Å²) in [5.41, 5.74) is 8.32. The zero-order valence-corrected chi connectivity index (χ0v) is 18.2. The molecule has 166 valence electrons. The molecule has 9 nitrogen and oxygen atoms in total. The van der Waals surface area contributed by atoms with Crippen LogP contribution >= 0.6 is 11.3 Å². The number of amides is 3. The summed E-state index contributed by atoms with van der Waals surface area (Å²) in [4.78, 5) is 39.6. The van der Waals surface area contributed by atoms with Crippen molar-refractivity contribution in [2.75, 3.05) is 6.54 Å². The predicted octanol–water partition coefficient (Wildman–Crippen LogP) is 2.14. The molecule has 4 aromatic rings. The molecule has 4 rings (SSSR count). The smallest absolute Gasteiger partial charge is 0.271 e. The summed E-state index contributed by atoms with van der Waals surface area (Å²) < 4.78 is 1.76. The Kier molecular flexibility index (Phi) is 6.56. The van der Waals surface area contributed by atoms with Gasteiger partial charge in [0.25, 0.3) is 11.8 Å². The minimum atomic E-state index is -0.613. The van der Waals surface area contributed by atoms with Crippen LogP contribution in [0, 0.1) is 0 Å². The maximum atomic E-state index is 12.5. The number of nitrogens with two attached hydrogens (primary N) is 1. The van der Waals surface area contributed by atoms with Gasteiger partial charge in [-0.15, -0.1) is 11.3 Å². The molecule has 10 heteroatoms. The van der Waals surface area contributed by atoms with Gasteiger partial charge in [0.15, 0.2) is 0 Å². The van der Waals surface area contributed by atoms with Crippen molar-refractivity contribution in [2.24, 2.45) is 5.73 Å². The predicted molar refractivity (Wildman–Crippen MR) is 124 cm³/mol. The summed E-state index contributed by atoms with van der Waals surface area (Å²) >= 11 is 1.37. The topological polar surface area (TPSA) is 132 Å². The van der Waals surface area contributed by atoms with Crippen LogP contribution in [0.15, 0.2) is 72.4 Å². The van der Waals surface area contributed by atoms with E-state index in [9.17, 15) is 14.4 Å². The molecular formula is C23H20N6O3S. The zero-order chi connectivity index (χ0) is 23.2. The van der Waals surface area contributed by atoms with E-state index in [0.717, 1.165) is 16.8 Å². The van der Waals surface area contributed by atoms with Gasteiger partial charge < -0.3 is 16.4 Å². The standard InChI is InChI=1S/C23H20N6O3S/c24-20(30)12-26-21(31)16-8-6-15(7-9-16)10-25-22(32)19-14-33-23(28-19)17-11-27-29(13-17)18-4-2-1-3-5-18/h1-9,11,13-14H,10,12H2,(H2,24,30)(H,25,32)(H,26,31). The molecule has 0 aliphatic rings. The number of carbonyl (C=O) groups excluding carboxylic acids is 3. The summed E-state index contributed by atoms with van der Waals surface area (Å²) in [6.07, 6.45) is 3.59. The number of nitrogens with zero attached hydrogens (tertiary/aromatic N) is 3. The maximum absolute atomic E-state index is 12.5. The number of thiazole rings is 1. The monoisotopic (exact) mass is 460 g/mol. The van der Waals surface area contributed by atoms with Crippen molar-refractivity contribution in [1.29, 1.82) is 0 Å². The number of benzene rings is 2. The van der Waals surface area contributed by atoms with Gasteiger partial charge in [0.2, 0.25) is 5.91 Å². The molecule has 0 atom stereocenters. The molecular weight excluding hydrogens is 440 g/mol. The lowest BCUT2D eigenvalue weighted by Gasteiger charge is -2.06. The third-order valence-electron chi connectivity index (χ3n) is 4.68. The molecule has 0 saturated carbocycles. The molecule has 2 aromatic heterocycles. The van der Waals surface area contributed by atoms with Crippen LogP contribution in [0.4, 0.5) is 0 Å². The van der Waals surface area contributed by atoms with E-state index in [4.69, 9.17) is 5.73 Å². The van der Waals surface area contributed by atoms with E-state index in [1.54, 1.807) is 40.5 Å². The molecule has 0 saturated heterocycles. The average Bonchev–Trinajstić information content (AvgIpc) is 3.52. The second kappa shape index (κ2) is 9.88. The second-order valence-electron chi connectivity index (χ2n) is 7.08. The van der Waals surface area contributed by atoms with Crippen LogP contribution in [-0.4, -0.2) is 39.0 Å². The van der Waals surface area contributed by atoms with E-state index in [1.807, 2.05) is 36.5 Å². The molecule has 0 aliphatic carbocycles. The number of hydrogen-bond acceptors (Lipinski definition) is 6. The van der Waals surface area contributed by atoms with Gasteiger partial charge in [-0.2, -0.15) is 5.10 Å². The first-order valence-electron chi connectivity index (χ1n) is 9.99. The minimum absolute atomic E-state index is 0.223. The van der Waals surface area contributed by atoms with E-state index < -0.39 is 11.8 Å². The van der Waals surface area contributed by atoms with Gasteiger partial charge in [-0.05, 0) is 29.8 Å². The molecule has 0 bridgehead atoms. The van der Waals surface area contributed by atoms with Crippen LogP contribution in [0.2, 0.25) is 0 Å². The van der Waals surface area contributed by atoms with E-state index in [-0.39, 0.29) is 19.0 Å². The summed E-state index contributed by atoms with van der Waals surface area (Å²) in [7, 11) is 0. The summed E-state index contributed by atoms with van der Waals surface area (Å²) in [5, 5.41) is 12.0. The van der Waals surface area contributed by atoms with Gasteiger partial charge in [0.05, 0.1) is 18.4 Å². The van der Waals surface area contributed by atoms with Crippen molar-refractivity contribution in [2.45, 2.75) is 6.54 Å². The zero-order valence-electron chi connectivity index (χ0n) is 17.4. The fourth-order valence-electron chi connectivity index (χ4n) is 2.98.